The van der Waals surface area contributed by atoms with Crippen molar-refractivity contribution in [2.45, 2.75) is 6.54 Å². The molecule has 0 spiro atoms. The van der Waals surface area contributed by atoms with E-state index >= 15 is 0 Å². The molecule has 7 nitrogen and oxygen atoms in total. The number of rotatable bonds is 3. The number of hydrogen-bond acceptors (Lipinski definition) is 4. The highest BCUT2D eigenvalue weighted by atomic mass is 16.1. The molecule has 96 valence electrons. The molecule has 0 unspecified atom stereocenters. The fraction of sp³-hybridized carbons (Fsp3) is 0.0833. The number of nitrogens with two attached hydrogens (primary N) is 2. The van der Waals surface area contributed by atoms with Crippen LogP contribution in [0, 0.1) is 0 Å². The Kier molecular flexibility index (Phi) is 2.45. The summed E-state index contributed by atoms with van der Waals surface area (Å²) in [4.78, 5) is 10.8. The molecule has 0 aliphatic rings. The van der Waals surface area contributed by atoms with Crippen LogP contribution >= 0.6 is 0 Å². The molecule has 0 radical (unpaired) electrons. The van der Waals surface area contributed by atoms with Gasteiger partial charge >= 0.3 is 0 Å². The molecule has 7 heteroatoms. The summed E-state index contributed by atoms with van der Waals surface area (Å²) in [6.07, 6.45) is 3.45. The van der Waals surface area contributed by atoms with Crippen molar-refractivity contribution >= 4 is 22.6 Å². The number of nitrogens with one attached hydrogen (secondary N) is 1. The van der Waals surface area contributed by atoms with E-state index in [9.17, 15) is 4.79 Å². The zero-order valence-electron chi connectivity index (χ0n) is 10.00. The van der Waals surface area contributed by atoms with Crippen molar-refractivity contribution in [2.75, 3.05) is 5.73 Å². The Bertz CT molecular complexity index is 757. The molecule has 2 heterocycles. The monoisotopic (exact) mass is 256 g/mol. The highest BCUT2D eigenvalue weighted by molar-refractivity contribution is 5.92. The molecule has 1 amide bonds. The van der Waals surface area contributed by atoms with Gasteiger partial charge in [0.1, 0.15) is 6.54 Å². The van der Waals surface area contributed by atoms with Gasteiger partial charge in [0, 0.05) is 17.1 Å². The number of H-pyrrole nitrogens is 1. The summed E-state index contributed by atoms with van der Waals surface area (Å²) in [5.74, 6) is 0.0329. The number of carbonyl (C=O) groups is 1. The SMILES string of the molecule is NC(=O)Cn1cc(-c2ccc3[nH]nc(N)c3c2)cn1. The van der Waals surface area contributed by atoms with E-state index in [2.05, 4.69) is 15.3 Å². The fourth-order valence-corrected chi connectivity index (χ4v) is 1.97. The van der Waals surface area contributed by atoms with Crippen LogP contribution in [-0.2, 0) is 11.3 Å². The topological polar surface area (TPSA) is 116 Å². The maximum Gasteiger partial charge on any atom is 0.239 e. The summed E-state index contributed by atoms with van der Waals surface area (Å²) >= 11 is 0. The fourth-order valence-electron chi connectivity index (χ4n) is 1.97. The van der Waals surface area contributed by atoms with E-state index in [0.717, 1.165) is 22.0 Å². The molecule has 19 heavy (non-hydrogen) atoms. The third-order valence-electron chi connectivity index (χ3n) is 2.88. The van der Waals surface area contributed by atoms with Gasteiger partial charge in [-0.1, -0.05) is 6.07 Å². The first-order valence-corrected chi connectivity index (χ1v) is 5.68. The third kappa shape index (κ3) is 2.01. The van der Waals surface area contributed by atoms with Crippen LogP contribution in [0.25, 0.3) is 22.0 Å². The number of carbonyl (C=O) groups excluding carboxylic acids is 1. The Morgan fingerprint density at radius 3 is 3.00 bits per heavy atom. The molecular weight excluding hydrogens is 244 g/mol. The van der Waals surface area contributed by atoms with Gasteiger partial charge < -0.3 is 11.5 Å². The number of aromatic nitrogens is 4. The minimum Gasteiger partial charge on any atom is -0.382 e. The molecule has 5 N–H and O–H groups in total. The van der Waals surface area contributed by atoms with Gasteiger partial charge in [-0.2, -0.15) is 10.2 Å². The molecule has 1 aromatic carbocycles. The highest BCUT2D eigenvalue weighted by Gasteiger charge is 2.07. The second kappa shape index (κ2) is 4.13. The second-order valence-corrected chi connectivity index (χ2v) is 4.26. The van der Waals surface area contributed by atoms with Crippen LogP contribution in [0.4, 0.5) is 5.82 Å². The van der Waals surface area contributed by atoms with Crippen LogP contribution in [0.15, 0.2) is 30.6 Å². The summed E-state index contributed by atoms with van der Waals surface area (Å²) in [5, 5.41) is 11.7. The van der Waals surface area contributed by atoms with Crippen molar-refractivity contribution in [1.29, 1.82) is 0 Å². The average molecular weight is 256 g/mol. The van der Waals surface area contributed by atoms with Crippen molar-refractivity contribution in [2.24, 2.45) is 5.73 Å². The van der Waals surface area contributed by atoms with Crippen molar-refractivity contribution in [3.8, 4) is 11.1 Å². The number of aromatic amines is 1. The molecule has 0 fully saturated rings. The molecular formula is C12H12N6O. The molecule has 2 aromatic heterocycles. The van der Waals surface area contributed by atoms with Crippen molar-refractivity contribution in [3.05, 3.63) is 30.6 Å². The van der Waals surface area contributed by atoms with E-state index in [1.165, 1.54) is 4.68 Å². The zero-order chi connectivity index (χ0) is 13.4. The molecule has 3 aromatic rings. The normalized spacial score (nSPS) is 10.9. The number of benzene rings is 1. The van der Waals surface area contributed by atoms with E-state index in [1.807, 2.05) is 18.2 Å². The Morgan fingerprint density at radius 2 is 2.21 bits per heavy atom. The number of nitrogen functional groups attached to an aromatic ring is 1. The number of amides is 1. The Morgan fingerprint density at radius 1 is 1.37 bits per heavy atom. The number of nitrogens with zero attached hydrogens (tertiary/aromatic N) is 3. The molecule has 0 aliphatic heterocycles. The predicted octanol–water partition coefficient (Wildman–Crippen LogP) is 0.494. The van der Waals surface area contributed by atoms with Gasteiger partial charge in [-0.3, -0.25) is 14.6 Å². The number of fused-ring (bicyclic) bond motifs is 1. The zero-order valence-corrected chi connectivity index (χ0v) is 10.00. The quantitative estimate of drug-likeness (QED) is 0.632. The van der Waals surface area contributed by atoms with E-state index in [-0.39, 0.29) is 6.54 Å². The maximum absolute atomic E-state index is 10.8. The van der Waals surface area contributed by atoms with Crippen LogP contribution < -0.4 is 11.5 Å². The molecule has 0 saturated carbocycles. The lowest BCUT2D eigenvalue weighted by molar-refractivity contribution is -0.118. The lowest BCUT2D eigenvalue weighted by atomic mass is 10.1. The van der Waals surface area contributed by atoms with Gasteiger partial charge in [0.2, 0.25) is 5.91 Å². The Balaban J connectivity index is 2.01. The van der Waals surface area contributed by atoms with Gasteiger partial charge in [0.15, 0.2) is 5.82 Å². The first-order chi connectivity index (χ1) is 9.13. The van der Waals surface area contributed by atoms with E-state index in [1.54, 1.807) is 12.4 Å². The van der Waals surface area contributed by atoms with E-state index in [0.29, 0.717) is 5.82 Å². The van der Waals surface area contributed by atoms with Gasteiger partial charge in [-0.15, -0.1) is 0 Å². The van der Waals surface area contributed by atoms with Crippen molar-refractivity contribution in [3.63, 3.8) is 0 Å². The summed E-state index contributed by atoms with van der Waals surface area (Å²) in [6, 6.07) is 5.77. The molecule has 0 saturated heterocycles. The number of anilines is 1. The molecule has 0 aliphatic carbocycles. The molecule has 0 bridgehead atoms. The van der Waals surface area contributed by atoms with E-state index in [4.69, 9.17) is 11.5 Å². The Labute approximate surface area is 108 Å². The standard InChI is InChI=1S/C12H12N6O/c13-11(19)6-18-5-8(4-15-18)7-1-2-10-9(3-7)12(14)17-16-10/h1-5H,6H2,(H2,13,19)(H3,14,16,17). The van der Waals surface area contributed by atoms with Crippen LogP contribution in [0.1, 0.15) is 0 Å². The van der Waals surface area contributed by atoms with Gasteiger partial charge in [0.05, 0.1) is 11.7 Å². The second-order valence-electron chi connectivity index (χ2n) is 4.26. The largest absolute Gasteiger partial charge is 0.382 e. The summed E-state index contributed by atoms with van der Waals surface area (Å²) < 4.78 is 1.50. The highest BCUT2D eigenvalue weighted by Crippen LogP contribution is 2.25. The van der Waals surface area contributed by atoms with E-state index < -0.39 is 5.91 Å². The van der Waals surface area contributed by atoms with Crippen LogP contribution in [0.3, 0.4) is 0 Å². The number of primary amides is 1. The summed E-state index contributed by atoms with van der Waals surface area (Å²) in [6.45, 7) is 0.0656. The predicted molar refractivity (Wildman–Crippen MR) is 70.9 cm³/mol. The molecule has 3 rings (SSSR count). The third-order valence-corrected chi connectivity index (χ3v) is 2.88. The van der Waals surface area contributed by atoms with Crippen molar-refractivity contribution < 1.29 is 4.79 Å². The lowest BCUT2D eigenvalue weighted by Gasteiger charge is -1.98. The number of hydrogen-bond donors (Lipinski definition) is 3. The van der Waals surface area contributed by atoms with Gasteiger partial charge in [-0.25, -0.2) is 0 Å². The minimum atomic E-state index is -0.427. The maximum atomic E-state index is 10.8. The average Bonchev–Trinajstić information content (AvgIpc) is 2.96. The smallest absolute Gasteiger partial charge is 0.239 e. The molecule has 0 atom stereocenters. The van der Waals surface area contributed by atoms with Crippen LogP contribution in [0.5, 0.6) is 0 Å². The first-order valence-electron chi connectivity index (χ1n) is 5.68. The van der Waals surface area contributed by atoms with Gasteiger partial charge in [-0.05, 0) is 17.7 Å². The summed E-state index contributed by atoms with van der Waals surface area (Å²) in [5.41, 5.74) is 13.6. The summed E-state index contributed by atoms with van der Waals surface area (Å²) in [7, 11) is 0. The minimum absolute atomic E-state index is 0.0656. The van der Waals surface area contributed by atoms with Crippen LogP contribution in [-0.4, -0.2) is 25.9 Å². The Hall–Kier alpha value is -2.83. The van der Waals surface area contributed by atoms with Crippen LogP contribution in [0.2, 0.25) is 0 Å². The van der Waals surface area contributed by atoms with Gasteiger partial charge in [0.25, 0.3) is 0 Å². The lowest BCUT2D eigenvalue weighted by Crippen LogP contribution is -2.18. The van der Waals surface area contributed by atoms with Crippen molar-refractivity contribution in [1.82, 2.24) is 20.0 Å². The first kappa shape index (κ1) is 11.3.